The molecule has 1 saturated carbocycles. The molecule has 0 atom stereocenters. The van der Waals surface area contributed by atoms with Gasteiger partial charge in [-0.1, -0.05) is 26.7 Å². The van der Waals surface area contributed by atoms with Crippen molar-refractivity contribution in [2.45, 2.75) is 46.1 Å². The molecule has 0 unspecified atom stereocenters. The molecule has 0 aromatic carbocycles. The molecule has 2 heteroatoms. The molecule has 1 heterocycles. The summed E-state index contributed by atoms with van der Waals surface area (Å²) in [7, 11) is 0. The maximum Gasteiger partial charge on any atom is 0.167 e. The molecule has 1 aliphatic carbocycles. The third-order valence-electron chi connectivity index (χ3n) is 3.61. The highest BCUT2D eigenvalue weighted by Crippen LogP contribution is 2.32. The van der Waals surface area contributed by atoms with Gasteiger partial charge in [-0.15, -0.1) is 0 Å². The average Bonchev–Trinajstić information content (AvgIpc) is 3.05. The van der Waals surface area contributed by atoms with E-state index in [4.69, 9.17) is 0 Å². The Hall–Kier alpha value is -1.05. The lowest BCUT2D eigenvalue weighted by Gasteiger charge is -2.12. The molecule has 0 bridgehead atoms. The van der Waals surface area contributed by atoms with Crippen molar-refractivity contribution in [3.8, 4) is 0 Å². The predicted octanol–water partition coefficient (Wildman–Crippen LogP) is 3.52. The maximum absolute atomic E-state index is 11.8. The summed E-state index contributed by atoms with van der Waals surface area (Å²) >= 11 is 0. The van der Waals surface area contributed by atoms with E-state index in [-0.39, 0.29) is 0 Å². The molecule has 2 rings (SSSR count). The van der Waals surface area contributed by atoms with Gasteiger partial charge in [-0.25, -0.2) is 0 Å². The van der Waals surface area contributed by atoms with Gasteiger partial charge in [0.05, 0.1) is 0 Å². The maximum atomic E-state index is 11.8. The van der Waals surface area contributed by atoms with Gasteiger partial charge in [-0.05, 0) is 24.8 Å². The fourth-order valence-corrected chi connectivity index (χ4v) is 2.13. The van der Waals surface area contributed by atoms with Gasteiger partial charge in [-0.2, -0.15) is 0 Å². The molecule has 1 aromatic rings. The lowest BCUT2D eigenvalue weighted by atomic mass is 10.0. The fraction of sp³-hybridized carbons (Fsp3) is 0.643. The Morgan fingerprint density at radius 2 is 2.12 bits per heavy atom. The summed E-state index contributed by atoms with van der Waals surface area (Å²) in [5, 5.41) is 0. The number of carbonyl (C=O) groups is 1. The second-order valence-corrected chi connectivity index (χ2v) is 4.92. The number of nitrogens with zero attached hydrogens (tertiary/aromatic N) is 1. The SMILES string of the molecule is CCC(CC)Cn1ccc(C(=O)C2CC2)c1. The standard InChI is InChI=1S/C14H21NO/c1-3-11(4-2)9-15-8-7-13(10-15)14(16)12-5-6-12/h7-8,10-12H,3-6,9H2,1-2H3. The third-order valence-corrected chi connectivity index (χ3v) is 3.61. The molecule has 0 radical (unpaired) electrons. The number of hydrogen-bond donors (Lipinski definition) is 0. The first-order valence-corrected chi connectivity index (χ1v) is 6.44. The Morgan fingerprint density at radius 3 is 2.69 bits per heavy atom. The highest BCUT2D eigenvalue weighted by atomic mass is 16.1. The van der Waals surface area contributed by atoms with E-state index in [1.54, 1.807) is 0 Å². The van der Waals surface area contributed by atoms with Crippen molar-refractivity contribution in [2.24, 2.45) is 11.8 Å². The van der Waals surface area contributed by atoms with Crippen LogP contribution in [0, 0.1) is 11.8 Å². The molecule has 0 N–H and O–H groups in total. The van der Waals surface area contributed by atoms with Crippen LogP contribution in [0.1, 0.15) is 49.9 Å². The topological polar surface area (TPSA) is 22.0 Å². The largest absolute Gasteiger partial charge is 0.353 e. The number of rotatable bonds is 6. The van der Waals surface area contributed by atoms with Crippen molar-refractivity contribution in [1.82, 2.24) is 4.57 Å². The van der Waals surface area contributed by atoms with Gasteiger partial charge >= 0.3 is 0 Å². The smallest absolute Gasteiger partial charge is 0.167 e. The predicted molar refractivity (Wildman–Crippen MR) is 65.6 cm³/mol. The Kier molecular flexibility index (Phi) is 3.47. The Balaban J connectivity index is 1.98. The second-order valence-electron chi connectivity index (χ2n) is 4.92. The normalized spacial score (nSPS) is 15.7. The van der Waals surface area contributed by atoms with E-state index < -0.39 is 0 Å². The highest BCUT2D eigenvalue weighted by molar-refractivity contribution is 5.99. The van der Waals surface area contributed by atoms with Gasteiger partial charge in [0, 0.05) is 30.4 Å². The monoisotopic (exact) mass is 219 g/mol. The van der Waals surface area contributed by atoms with E-state index in [1.165, 1.54) is 12.8 Å². The zero-order valence-electron chi connectivity index (χ0n) is 10.3. The van der Waals surface area contributed by atoms with Crippen LogP contribution in [0.2, 0.25) is 0 Å². The molecule has 1 fully saturated rings. The lowest BCUT2D eigenvalue weighted by Crippen LogP contribution is -2.07. The van der Waals surface area contributed by atoms with Crippen LogP contribution in [-0.4, -0.2) is 10.4 Å². The number of hydrogen-bond acceptors (Lipinski definition) is 1. The number of ketones is 1. The summed E-state index contributed by atoms with van der Waals surface area (Å²) in [4.78, 5) is 11.8. The molecule has 88 valence electrons. The minimum atomic E-state index is 0.337. The summed E-state index contributed by atoms with van der Waals surface area (Å²) in [5.74, 6) is 1.42. The number of carbonyl (C=O) groups excluding carboxylic acids is 1. The molecule has 16 heavy (non-hydrogen) atoms. The van der Waals surface area contributed by atoms with E-state index in [0.29, 0.717) is 11.7 Å². The zero-order chi connectivity index (χ0) is 11.5. The van der Waals surface area contributed by atoms with E-state index in [0.717, 1.165) is 30.9 Å². The molecule has 1 aliphatic rings. The quantitative estimate of drug-likeness (QED) is 0.671. The molecule has 2 nitrogen and oxygen atoms in total. The molecule has 0 amide bonds. The first-order valence-electron chi connectivity index (χ1n) is 6.44. The van der Waals surface area contributed by atoms with Gasteiger partial charge < -0.3 is 4.57 Å². The Labute approximate surface area is 97.7 Å². The first-order chi connectivity index (χ1) is 7.74. The highest BCUT2D eigenvalue weighted by Gasteiger charge is 2.30. The third kappa shape index (κ3) is 2.55. The van der Waals surface area contributed by atoms with Crippen molar-refractivity contribution >= 4 is 5.78 Å². The summed E-state index contributed by atoms with van der Waals surface area (Å²) in [6.45, 7) is 5.51. The van der Waals surface area contributed by atoms with Crippen LogP contribution in [0.5, 0.6) is 0 Å². The van der Waals surface area contributed by atoms with Gasteiger partial charge in [0.15, 0.2) is 5.78 Å². The van der Waals surface area contributed by atoms with Crippen LogP contribution >= 0.6 is 0 Å². The van der Waals surface area contributed by atoms with Crippen LogP contribution in [0.4, 0.5) is 0 Å². The van der Waals surface area contributed by atoms with E-state index in [9.17, 15) is 4.79 Å². The van der Waals surface area contributed by atoms with Crippen molar-refractivity contribution < 1.29 is 4.79 Å². The summed E-state index contributed by atoms with van der Waals surface area (Å²) in [6, 6.07) is 1.98. The van der Waals surface area contributed by atoms with Crippen LogP contribution in [0.3, 0.4) is 0 Å². The number of aromatic nitrogens is 1. The first kappa shape index (κ1) is 11.4. The van der Waals surface area contributed by atoms with Crippen molar-refractivity contribution in [3.63, 3.8) is 0 Å². The van der Waals surface area contributed by atoms with E-state index in [2.05, 4.69) is 18.4 Å². The zero-order valence-corrected chi connectivity index (χ0v) is 10.3. The van der Waals surface area contributed by atoms with Crippen molar-refractivity contribution in [2.75, 3.05) is 0 Å². The fourth-order valence-electron chi connectivity index (χ4n) is 2.13. The van der Waals surface area contributed by atoms with Crippen LogP contribution in [0.25, 0.3) is 0 Å². The van der Waals surface area contributed by atoms with Gasteiger partial charge in [0.1, 0.15) is 0 Å². The molecule has 1 aromatic heterocycles. The van der Waals surface area contributed by atoms with Crippen LogP contribution in [0.15, 0.2) is 18.5 Å². The molecular formula is C14H21NO. The van der Waals surface area contributed by atoms with E-state index in [1.807, 2.05) is 18.5 Å². The van der Waals surface area contributed by atoms with Gasteiger partial charge in [-0.3, -0.25) is 4.79 Å². The van der Waals surface area contributed by atoms with E-state index >= 15 is 0 Å². The Morgan fingerprint density at radius 1 is 1.44 bits per heavy atom. The van der Waals surface area contributed by atoms with Gasteiger partial charge in [0.25, 0.3) is 0 Å². The molecule has 0 aliphatic heterocycles. The van der Waals surface area contributed by atoms with Crippen molar-refractivity contribution in [1.29, 1.82) is 0 Å². The summed E-state index contributed by atoms with van der Waals surface area (Å²) < 4.78 is 2.17. The Bertz CT molecular complexity index is 359. The van der Waals surface area contributed by atoms with Gasteiger partial charge in [0.2, 0.25) is 0 Å². The summed E-state index contributed by atoms with van der Waals surface area (Å²) in [6.07, 6.45) is 8.68. The van der Waals surface area contributed by atoms with Crippen LogP contribution in [-0.2, 0) is 6.54 Å². The van der Waals surface area contributed by atoms with Crippen LogP contribution < -0.4 is 0 Å². The molecule has 0 saturated heterocycles. The minimum absolute atomic E-state index is 0.337. The lowest BCUT2D eigenvalue weighted by molar-refractivity contribution is 0.0967. The summed E-state index contributed by atoms with van der Waals surface area (Å²) in [5.41, 5.74) is 0.911. The molecular weight excluding hydrogens is 198 g/mol. The second kappa shape index (κ2) is 4.86. The van der Waals surface area contributed by atoms with Crippen molar-refractivity contribution in [3.05, 3.63) is 24.0 Å². The molecule has 0 spiro atoms. The minimum Gasteiger partial charge on any atom is -0.353 e. The number of Topliss-reactive ketones (excluding diaryl/α,β-unsaturated/α-hetero) is 1. The average molecular weight is 219 g/mol.